The summed E-state index contributed by atoms with van der Waals surface area (Å²) in [4.78, 5) is 26.5. The van der Waals surface area contributed by atoms with Gasteiger partial charge in [-0.2, -0.15) is 5.26 Å². The number of hydrogen-bond donors (Lipinski definition) is 2. The number of carbonyl (C=O) groups excluding carboxylic acids is 2. The van der Waals surface area contributed by atoms with Crippen LogP contribution in [-0.2, 0) is 9.59 Å². The third kappa shape index (κ3) is 4.94. The zero-order valence-corrected chi connectivity index (χ0v) is 12.7. The molecule has 23 heavy (non-hydrogen) atoms. The van der Waals surface area contributed by atoms with E-state index in [1.54, 1.807) is 41.9 Å². The van der Waals surface area contributed by atoms with Crippen LogP contribution in [0.1, 0.15) is 5.56 Å². The first-order valence-electron chi connectivity index (χ1n) is 6.42. The van der Waals surface area contributed by atoms with Gasteiger partial charge in [0.15, 0.2) is 11.7 Å². The van der Waals surface area contributed by atoms with Crippen molar-refractivity contribution in [1.82, 2.24) is 4.98 Å². The maximum atomic E-state index is 11.6. The molecule has 3 N–H and O–H groups in total. The molecule has 1 aromatic carbocycles. The lowest BCUT2D eigenvalue weighted by atomic mass is 10.1. The van der Waals surface area contributed by atoms with E-state index in [9.17, 15) is 9.59 Å². The number of amides is 2. The largest absolute Gasteiger partial charge is 0.484 e. The number of anilines is 1. The van der Waals surface area contributed by atoms with Crippen molar-refractivity contribution in [2.24, 2.45) is 5.73 Å². The van der Waals surface area contributed by atoms with Gasteiger partial charge in [-0.3, -0.25) is 14.9 Å². The Morgan fingerprint density at radius 2 is 2.13 bits per heavy atom. The first-order valence-corrected chi connectivity index (χ1v) is 7.30. The molecule has 0 atom stereocenters. The molecule has 0 bridgehead atoms. The van der Waals surface area contributed by atoms with Gasteiger partial charge in [0.25, 0.3) is 11.8 Å². The van der Waals surface area contributed by atoms with Gasteiger partial charge in [0.2, 0.25) is 0 Å². The summed E-state index contributed by atoms with van der Waals surface area (Å²) in [7, 11) is 0. The summed E-state index contributed by atoms with van der Waals surface area (Å²) in [6.45, 7) is -0.153. The molecule has 0 unspecified atom stereocenters. The highest BCUT2D eigenvalue weighted by atomic mass is 32.1. The number of nitrogens with two attached hydrogens (primary N) is 1. The van der Waals surface area contributed by atoms with Crippen LogP contribution in [0.4, 0.5) is 5.13 Å². The Labute approximate surface area is 136 Å². The Bertz CT molecular complexity index is 761. The highest BCUT2D eigenvalue weighted by Crippen LogP contribution is 2.15. The number of hydrogen-bond acceptors (Lipinski definition) is 6. The molecular formula is C15H12N4O3S. The van der Waals surface area contributed by atoms with Gasteiger partial charge in [-0.1, -0.05) is 12.1 Å². The molecule has 1 aromatic heterocycles. The van der Waals surface area contributed by atoms with E-state index in [0.29, 0.717) is 16.4 Å². The monoisotopic (exact) mass is 328 g/mol. The average Bonchev–Trinajstić information content (AvgIpc) is 3.04. The molecule has 8 heteroatoms. The molecule has 2 rings (SSSR count). The standard InChI is InChI=1S/C15H12N4O3S/c16-8-11(14(17)21)7-10-1-3-12(4-2-10)22-9-13(20)19-15-18-5-6-23-15/h1-7H,9H2,(H2,17,21)(H,18,19,20). The van der Waals surface area contributed by atoms with Gasteiger partial charge in [-0.15, -0.1) is 11.3 Å². The number of rotatable bonds is 6. The Morgan fingerprint density at radius 3 is 2.70 bits per heavy atom. The number of ether oxygens (including phenoxy) is 1. The minimum Gasteiger partial charge on any atom is -0.484 e. The maximum Gasteiger partial charge on any atom is 0.264 e. The summed E-state index contributed by atoms with van der Waals surface area (Å²) >= 11 is 1.32. The summed E-state index contributed by atoms with van der Waals surface area (Å²) in [6.07, 6.45) is 2.97. The van der Waals surface area contributed by atoms with Gasteiger partial charge in [0.1, 0.15) is 17.4 Å². The van der Waals surface area contributed by atoms with E-state index in [1.165, 1.54) is 17.4 Å². The summed E-state index contributed by atoms with van der Waals surface area (Å²) in [6, 6.07) is 8.26. The number of benzene rings is 1. The van der Waals surface area contributed by atoms with Crippen LogP contribution in [-0.4, -0.2) is 23.4 Å². The topological polar surface area (TPSA) is 118 Å². The number of carbonyl (C=O) groups is 2. The van der Waals surface area contributed by atoms with Crippen LogP contribution in [0.3, 0.4) is 0 Å². The predicted molar refractivity (Wildman–Crippen MR) is 85.5 cm³/mol. The molecule has 0 aliphatic rings. The third-order valence-electron chi connectivity index (χ3n) is 2.63. The molecule has 0 aliphatic heterocycles. The van der Waals surface area contributed by atoms with Crippen LogP contribution < -0.4 is 15.8 Å². The fraction of sp³-hybridized carbons (Fsp3) is 0.0667. The van der Waals surface area contributed by atoms with Crippen molar-refractivity contribution in [3.63, 3.8) is 0 Å². The first-order chi connectivity index (χ1) is 11.1. The third-order valence-corrected chi connectivity index (χ3v) is 3.31. The van der Waals surface area contributed by atoms with Crippen molar-refractivity contribution >= 4 is 34.4 Å². The molecular weight excluding hydrogens is 316 g/mol. The zero-order chi connectivity index (χ0) is 16.7. The number of nitriles is 1. The molecule has 0 saturated heterocycles. The van der Waals surface area contributed by atoms with Crippen LogP contribution in [0.15, 0.2) is 41.4 Å². The minimum atomic E-state index is -0.785. The smallest absolute Gasteiger partial charge is 0.264 e. The Kier molecular flexibility index (Phi) is 5.44. The molecule has 0 saturated carbocycles. The number of nitrogens with zero attached hydrogens (tertiary/aromatic N) is 2. The molecule has 0 spiro atoms. The quantitative estimate of drug-likeness (QED) is 0.616. The van der Waals surface area contributed by atoms with E-state index >= 15 is 0 Å². The molecule has 0 aliphatic carbocycles. The summed E-state index contributed by atoms with van der Waals surface area (Å²) < 4.78 is 5.34. The molecule has 2 aromatic rings. The average molecular weight is 328 g/mol. The van der Waals surface area contributed by atoms with E-state index in [4.69, 9.17) is 15.7 Å². The molecule has 0 fully saturated rings. The van der Waals surface area contributed by atoms with Gasteiger partial charge in [-0.25, -0.2) is 4.98 Å². The van der Waals surface area contributed by atoms with Crippen molar-refractivity contribution in [3.8, 4) is 11.8 Å². The summed E-state index contributed by atoms with van der Waals surface area (Å²) in [5, 5.41) is 13.6. The molecule has 2 amide bonds. The lowest BCUT2D eigenvalue weighted by Crippen LogP contribution is -2.19. The number of aromatic nitrogens is 1. The van der Waals surface area contributed by atoms with Crippen molar-refractivity contribution < 1.29 is 14.3 Å². The van der Waals surface area contributed by atoms with Gasteiger partial charge in [0.05, 0.1) is 0 Å². The normalized spacial score (nSPS) is 10.7. The summed E-state index contributed by atoms with van der Waals surface area (Å²) in [5.74, 6) is -0.620. The Balaban J connectivity index is 1.91. The fourth-order valence-electron chi connectivity index (χ4n) is 1.57. The lowest BCUT2D eigenvalue weighted by Gasteiger charge is -2.06. The van der Waals surface area contributed by atoms with Crippen molar-refractivity contribution in [3.05, 3.63) is 47.0 Å². The second kappa shape index (κ2) is 7.72. The zero-order valence-electron chi connectivity index (χ0n) is 11.9. The van der Waals surface area contributed by atoms with Crippen LogP contribution in [0.5, 0.6) is 5.75 Å². The SMILES string of the molecule is N#CC(=Cc1ccc(OCC(=O)Nc2nccs2)cc1)C(N)=O. The number of thiazole rings is 1. The van der Waals surface area contributed by atoms with Crippen molar-refractivity contribution in [1.29, 1.82) is 5.26 Å². The van der Waals surface area contributed by atoms with Gasteiger partial charge in [-0.05, 0) is 23.8 Å². The van der Waals surface area contributed by atoms with Crippen LogP contribution >= 0.6 is 11.3 Å². The number of primary amides is 1. The second-order valence-corrected chi connectivity index (χ2v) is 5.17. The molecule has 116 valence electrons. The van der Waals surface area contributed by atoms with E-state index in [1.807, 2.05) is 0 Å². The molecule has 1 heterocycles. The van der Waals surface area contributed by atoms with E-state index < -0.39 is 5.91 Å². The Hall–Kier alpha value is -3.18. The summed E-state index contributed by atoms with van der Waals surface area (Å²) in [5.41, 5.74) is 5.55. The highest BCUT2D eigenvalue weighted by Gasteiger charge is 2.06. The first kappa shape index (κ1) is 16.2. The maximum absolute atomic E-state index is 11.6. The van der Waals surface area contributed by atoms with Gasteiger partial charge >= 0.3 is 0 Å². The van der Waals surface area contributed by atoms with Crippen molar-refractivity contribution in [2.45, 2.75) is 0 Å². The van der Waals surface area contributed by atoms with Crippen LogP contribution in [0, 0.1) is 11.3 Å². The van der Waals surface area contributed by atoms with E-state index in [2.05, 4.69) is 10.3 Å². The molecule has 7 nitrogen and oxygen atoms in total. The highest BCUT2D eigenvalue weighted by molar-refractivity contribution is 7.13. The van der Waals surface area contributed by atoms with Gasteiger partial charge in [0, 0.05) is 11.6 Å². The van der Waals surface area contributed by atoms with E-state index in [-0.39, 0.29) is 18.1 Å². The Morgan fingerprint density at radius 1 is 1.39 bits per heavy atom. The van der Waals surface area contributed by atoms with E-state index in [0.717, 1.165) is 0 Å². The fourth-order valence-corrected chi connectivity index (χ4v) is 2.12. The second-order valence-electron chi connectivity index (χ2n) is 4.28. The number of nitrogens with one attached hydrogen (secondary N) is 1. The van der Waals surface area contributed by atoms with Crippen molar-refractivity contribution in [2.75, 3.05) is 11.9 Å². The van der Waals surface area contributed by atoms with Crippen LogP contribution in [0.25, 0.3) is 6.08 Å². The lowest BCUT2D eigenvalue weighted by molar-refractivity contribution is -0.118. The van der Waals surface area contributed by atoms with Gasteiger partial charge < -0.3 is 10.5 Å². The predicted octanol–water partition coefficient (Wildman–Crippen LogP) is 1.55. The van der Waals surface area contributed by atoms with Crippen LogP contribution in [0.2, 0.25) is 0 Å². The molecule has 0 radical (unpaired) electrons. The minimum absolute atomic E-state index is 0.138.